The van der Waals surface area contributed by atoms with E-state index in [0.29, 0.717) is 12.0 Å². The highest BCUT2D eigenvalue weighted by Crippen LogP contribution is 2.46. The molecule has 2 aromatic heterocycles. The van der Waals surface area contributed by atoms with Crippen LogP contribution in [-0.4, -0.2) is 87.4 Å². The summed E-state index contributed by atoms with van der Waals surface area (Å²) in [5, 5.41) is 26.3. The van der Waals surface area contributed by atoms with E-state index < -0.39 is 35.6 Å². The van der Waals surface area contributed by atoms with Gasteiger partial charge in [-0.3, -0.25) is 9.36 Å². The Kier molecular flexibility index (Phi) is 9.83. The van der Waals surface area contributed by atoms with Gasteiger partial charge in [-0.25, -0.2) is 15.0 Å². The molecule has 0 spiro atoms. The number of methoxy groups -OCH3 is 3. The topological polar surface area (TPSA) is 159 Å². The molecule has 1 fully saturated rings. The van der Waals surface area contributed by atoms with Gasteiger partial charge in [-0.2, -0.15) is 0 Å². The van der Waals surface area contributed by atoms with Crippen LogP contribution in [0.25, 0.3) is 11.2 Å². The van der Waals surface area contributed by atoms with Gasteiger partial charge < -0.3 is 39.2 Å². The van der Waals surface area contributed by atoms with E-state index in [9.17, 15) is 15.0 Å². The van der Waals surface area contributed by atoms with Gasteiger partial charge in [-0.15, -0.1) is 0 Å². The smallest absolute Gasteiger partial charge is 0.256 e. The summed E-state index contributed by atoms with van der Waals surface area (Å²) in [6.45, 7) is -0.183. The Bertz CT molecular complexity index is 2030. The minimum absolute atomic E-state index is 0.160. The summed E-state index contributed by atoms with van der Waals surface area (Å²) in [4.78, 5) is 26.0. The molecule has 13 nitrogen and oxygen atoms in total. The van der Waals surface area contributed by atoms with E-state index in [-0.39, 0.29) is 29.5 Å². The molecular weight excluding hydrogens is 666 g/mol. The number of rotatable bonds is 12. The molecule has 1 saturated heterocycles. The number of anilines is 1. The number of nitrogens with zero attached hydrogens (tertiary/aromatic N) is 4. The quantitative estimate of drug-likeness (QED) is 0.157. The molecule has 3 heterocycles. The van der Waals surface area contributed by atoms with E-state index in [1.165, 1.54) is 24.3 Å². The third-order valence-corrected chi connectivity index (χ3v) is 9.69. The molecule has 2 aliphatic rings. The molecular formula is C39H39N5O8. The van der Waals surface area contributed by atoms with E-state index in [0.717, 1.165) is 16.7 Å². The van der Waals surface area contributed by atoms with Crippen LogP contribution in [0.15, 0.2) is 127 Å². The zero-order chi connectivity index (χ0) is 36.3. The molecule has 5 aromatic rings. The van der Waals surface area contributed by atoms with Gasteiger partial charge in [0.25, 0.3) is 5.91 Å². The molecule has 1 aliphatic carbocycles. The van der Waals surface area contributed by atoms with Crippen LogP contribution < -0.4 is 5.32 Å². The molecule has 0 bridgehead atoms. The minimum atomic E-state index is -2.25. The molecule has 0 radical (unpaired) electrons. The second-order valence-corrected chi connectivity index (χ2v) is 12.4. The lowest BCUT2D eigenvalue weighted by Gasteiger charge is -2.40. The van der Waals surface area contributed by atoms with Gasteiger partial charge in [0.2, 0.25) is 5.79 Å². The first-order chi connectivity index (χ1) is 25.3. The van der Waals surface area contributed by atoms with Gasteiger partial charge in [-0.05, 0) is 34.9 Å². The van der Waals surface area contributed by atoms with Crippen molar-refractivity contribution in [1.29, 1.82) is 0 Å². The number of aliphatic hydroxyl groups is 2. The van der Waals surface area contributed by atoms with Gasteiger partial charge in [0, 0.05) is 33.3 Å². The van der Waals surface area contributed by atoms with E-state index in [1.54, 1.807) is 38.5 Å². The first-order valence-corrected chi connectivity index (χ1v) is 16.7. The first-order valence-electron chi connectivity index (χ1n) is 16.7. The van der Waals surface area contributed by atoms with Crippen LogP contribution >= 0.6 is 0 Å². The van der Waals surface area contributed by atoms with Crippen molar-refractivity contribution in [2.45, 2.75) is 42.0 Å². The first kappa shape index (κ1) is 35.3. The molecule has 1 aliphatic heterocycles. The highest BCUT2D eigenvalue weighted by molar-refractivity contribution is 6.06. The maximum absolute atomic E-state index is 12.9. The van der Waals surface area contributed by atoms with Crippen molar-refractivity contribution in [2.24, 2.45) is 0 Å². The number of benzene rings is 3. The number of aromatic nitrogens is 4. The van der Waals surface area contributed by atoms with E-state index >= 15 is 0 Å². The van der Waals surface area contributed by atoms with Gasteiger partial charge in [-0.1, -0.05) is 91.0 Å². The van der Waals surface area contributed by atoms with Crippen LogP contribution in [0.5, 0.6) is 0 Å². The third kappa shape index (κ3) is 6.11. The second-order valence-electron chi connectivity index (χ2n) is 12.4. The number of nitrogens with one attached hydrogen (secondary N) is 1. The fourth-order valence-electron chi connectivity index (χ4n) is 6.81. The van der Waals surface area contributed by atoms with Crippen molar-refractivity contribution in [1.82, 2.24) is 19.5 Å². The molecule has 1 amide bonds. The van der Waals surface area contributed by atoms with Crippen LogP contribution in [-0.2, 0) is 29.3 Å². The Labute approximate surface area is 300 Å². The van der Waals surface area contributed by atoms with Crippen molar-refractivity contribution in [2.75, 3.05) is 33.3 Å². The largest absolute Gasteiger partial charge is 0.384 e. The molecule has 7 rings (SSSR count). The van der Waals surface area contributed by atoms with Crippen LogP contribution in [0.1, 0.15) is 34.1 Å². The Morgan fingerprint density at radius 3 is 2.13 bits per heavy atom. The molecule has 0 unspecified atom stereocenters. The summed E-state index contributed by atoms with van der Waals surface area (Å²) < 4.78 is 31.7. The van der Waals surface area contributed by atoms with E-state index in [1.807, 2.05) is 85.0 Å². The highest BCUT2D eigenvalue weighted by atomic mass is 16.7. The molecule has 13 heteroatoms. The number of carbonyl (C=O) groups is 1. The number of hydrogen-bond acceptors (Lipinski definition) is 11. The number of amides is 1. The summed E-state index contributed by atoms with van der Waals surface area (Å²) in [7, 11) is 4.46. The van der Waals surface area contributed by atoms with Crippen molar-refractivity contribution >= 4 is 22.9 Å². The van der Waals surface area contributed by atoms with Crippen molar-refractivity contribution < 1.29 is 38.7 Å². The monoisotopic (exact) mass is 705 g/mol. The summed E-state index contributed by atoms with van der Waals surface area (Å²) in [5.41, 5.74) is 2.19. The van der Waals surface area contributed by atoms with Gasteiger partial charge in [0.05, 0.1) is 12.9 Å². The summed E-state index contributed by atoms with van der Waals surface area (Å²) in [6.07, 6.45) is 4.86. The predicted molar refractivity (Wildman–Crippen MR) is 190 cm³/mol. The molecule has 4 atom stereocenters. The average Bonchev–Trinajstić information content (AvgIpc) is 3.75. The SMILES string of the molecule is COC1(OC)C=CC(C(OC[C@H]2O[C@@H](n3cnc4c(NC(=O)c5ccccc5)ncnc43)[C@@](O)(OC)[C@@H]2O)(c2ccccc2)c2ccccc2)=CC1. The molecule has 3 aromatic carbocycles. The maximum atomic E-state index is 12.9. The molecule has 268 valence electrons. The van der Waals surface area contributed by atoms with Crippen molar-refractivity contribution in [3.63, 3.8) is 0 Å². The Hall–Kier alpha value is -5.12. The lowest BCUT2D eigenvalue weighted by Crippen LogP contribution is -2.49. The zero-order valence-corrected chi connectivity index (χ0v) is 28.8. The van der Waals surface area contributed by atoms with Crippen molar-refractivity contribution in [3.8, 4) is 0 Å². The number of carbonyl (C=O) groups excluding carboxylic acids is 1. The normalized spacial score (nSPS) is 22.7. The fourth-order valence-corrected chi connectivity index (χ4v) is 6.81. The molecule has 3 N–H and O–H groups in total. The lowest BCUT2D eigenvalue weighted by molar-refractivity contribution is -0.264. The van der Waals surface area contributed by atoms with E-state index in [2.05, 4.69) is 20.3 Å². The zero-order valence-electron chi connectivity index (χ0n) is 28.8. The number of aliphatic hydroxyl groups excluding tert-OH is 1. The molecule has 0 saturated carbocycles. The van der Waals surface area contributed by atoms with Crippen LogP contribution in [0.3, 0.4) is 0 Å². The van der Waals surface area contributed by atoms with Gasteiger partial charge in [0.1, 0.15) is 24.1 Å². The number of imidazole rings is 1. The predicted octanol–water partition coefficient (Wildman–Crippen LogP) is 4.51. The Morgan fingerprint density at radius 1 is 0.923 bits per heavy atom. The lowest BCUT2D eigenvalue weighted by atomic mass is 9.77. The van der Waals surface area contributed by atoms with E-state index in [4.69, 9.17) is 23.7 Å². The third-order valence-electron chi connectivity index (χ3n) is 9.69. The summed E-state index contributed by atoms with van der Waals surface area (Å²) >= 11 is 0. The number of fused-ring (bicyclic) bond motifs is 1. The van der Waals surface area contributed by atoms with Gasteiger partial charge in [0.15, 0.2) is 29.0 Å². The number of ether oxygens (including phenoxy) is 5. The standard InChI is InChI=1S/C39H39N5O8/c1-48-37(49-2)21-19-29(20-22-37)38(27-15-9-5-10-16-27,28-17-11-6-12-18-28)51-23-30-32(45)39(47,50-3)36(52-30)44-25-42-31-33(40-24-41-34(31)44)43-35(46)26-13-7-4-8-14-26/h4-21,24-25,30,32,36,45,47H,22-23H2,1-3H3,(H,40,41,43,46)/t30-,32-,36-,39+/m1/s1. The fraction of sp³-hybridized carbons (Fsp3) is 0.282. The van der Waals surface area contributed by atoms with Crippen molar-refractivity contribution in [3.05, 3.63) is 144 Å². The summed E-state index contributed by atoms with van der Waals surface area (Å²) in [5.74, 6) is -3.40. The minimum Gasteiger partial charge on any atom is -0.384 e. The maximum Gasteiger partial charge on any atom is 0.256 e. The number of hydrogen-bond donors (Lipinski definition) is 3. The average molecular weight is 706 g/mol. The summed E-state index contributed by atoms with van der Waals surface area (Å²) in [6, 6.07) is 28.2. The van der Waals surface area contributed by atoms with Crippen LogP contribution in [0.2, 0.25) is 0 Å². The Morgan fingerprint density at radius 2 is 1.56 bits per heavy atom. The van der Waals surface area contributed by atoms with Crippen LogP contribution in [0.4, 0.5) is 5.82 Å². The second kappa shape index (κ2) is 14.5. The van der Waals surface area contributed by atoms with Crippen LogP contribution in [0, 0.1) is 0 Å². The Balaban J connectivity index is 1.23. The van der Waals surface area contributed by atoms with Gasteiger partial charge >= 0.3 is 0 Å². The highest BCUT2D eigenvalue weighted by Gasteiger charge is 2.58. The molecule has 52 heavy (non-hydrogen) atoms.